The van der Waals surface area contributed by atoms with Crippen LogP contribution < -0.4 is 5.32 Å². The van der Waals surface area contributed by atoms with Crippen molar-refractivity contribution in [3.05, 3.63) is 34.1 Å². The van der Waals surface area contributed by atoms with Gasteiger partial charge in [0, 0.05) is 18.7 Å². The number of aliphatic hydroxyl groups is 1. The Hall–Kier alpha value is -0.940. The molecule has 1 aromatic rings. The minimum Gasteiger partial charge on any atom is -0.396 e. The Balaban J connectivity index is 2.62. The second-order valence-electron chi connectivity index (χ2n) is 2.96. The second kappa shape index (κ2) is 5.82. The molecule has 3 nitrogen and oxygen atoms in total. The van der Waals surface area contributed by atoms with Gasteiger partial charge in [0.2, 0.25) is 0 Å². The predicted octanol–water partition coefficient (Wildman–Crippen LogP) is 1.70. The van der Waals surface area contributed by atoms with Gasteiger partial charge in [0.1, 0.15) is 5.82 Å². The summed E-state index contributed by atoms with van der Waals surface area (Å²) in [7, 11) is 0. The summed E-state index contributed by atoms with van der Waals surface area (Å²) in [6.45, 7) is 0.442. The zero-order chi connectivity index (χ0) is 11.3. The molecule has 15 heavy (non-hydrogen) atoms. The summed E-state index contributed by atoms with van der Waals surface area (Å²) < 4.78 is 13.1. The molecular formula is C10H11BrFNO2. The highest BCUT2D eigenvalue weighted by Crippen LogP contribution is 2.16. The van der Waals surface area contributed by atoms with Gasteiger partial charge < -0.3 is 10.4 Å². The average Bonchev–Trinajstić information content (AvgIpc) is 2.22. The zero-order valence-electron chi connectivity index (χ0n) is 7.96. The first-order valence-corrected chi connectivity index (χ1v) is 5.28. The van der Waals surface area contributed by atoms with E-state index < -0.39 is 5.82 Å². The van der Waals surface area contributed by atoms with Crippen LogP contribution in [0.25, 0.3) is 0 Å². The van der Waals surface area contributed by atoms with Crippen molar-refractivity contribution in [2.24, 2.45) is 0 Å². The number of hydrogen-bond donors (Lipinski definition) is 2. The van der Waals surface area contributed by atoms with E-state index in [1.807, 2.05) is 0 Å². The highest BCUT2D eigenvalue weighted by Gasteiger charge is 2.07. The van der Waals surface area contributed by atoms with E-state index in [1.165, 1.54) is 18.2 Å². The summed E-state index contributed by atoms with van der Waals surface area (Å²) in [5.41, 5.74) is 0.390. The summed E-state index contributed by atoms with van der Waals surface area (Å²) in [4.78, 5) is 11.4. The molecule has 1 amide bonds. The van der Waals surface area contributed by atoms with E-state index in [0.717, 1.165) is 0 Å². The smallest absolute Gasteiger partial charge is 0.251 e. The molecule has 0 atom stereocenters. The number of carbonyl (C=O) groups is 1. The lowest BCUT2D eigenvalue weighted by atomic mass is 10.2. The normalized spacial score (nSPS) is 10.1. The standard InChI is InChI=1S/C10H11BrFNO2/c11-8-6-7(2-3-9(8)12)10(15)13-4-1-5-14/h2-3,6,14H,1,4-5H2,(H,13,15). The molecule has 0 radical (unpaired) electrons. The molecule has 0 aliphatic rings. The molecule has 0 saturated carbocycles. The zero-order valence-corrected chi connectivity index (χ0v) is 9.55. The van der Waals surface area contributed by atoms with Crippen molar-refractivity contribution >= 4 is 21.8 Å². The molecule has 0 unspecified atom stereocenters. The molecule has 2 N–H and O–H groups in total. The maximum absolute atomic E-state index is 12.9. The third-order valence-corrected chi connectivity index (χ3v) is 2.41. The van der Waals surface area contributed by atoms with Crippen molar-refractivity contribution in [2.45, 2.75) is 6.42 Å². The van der Waals surface area contributed by atoms with E-state index in [1.54, 1.807) is 0 Å². The van der Waals surface area contributed by atoms with Gasteiger partial charge in [0.15, 0.2) is 0 Å². The van der Waals surface area contributed by atoms with Crippen molar-refractivity contribution in [3.8, 4) is 0 Å². The first kappa shape index (κ1) is 12.1. The number of benzene rings is 1. The van der Waals surface area contributed by atoms with Crippen molar-refractivity contribution in [1.82, 2.24) is 5.32 Å². The summed E-state index contributed by atoms with van der Waals surface area (Å²) in [6.07, 6.45) is 0.508. The number of carbonyl (C=O) groups excluding carboxylic acids is 1. The highest BCUT2D eigenvalue weighted by atomic mass is 79.9. The molecule has 82 valence electrons. The van der Waals surface area contributed by atoms with Crippen LogP contribution in [0.1, 0.15) is 16.8 Å². The van der Waals surface area contributed by atoms with Crippen LogP contribution in [0.3, 0.4) is 0 Å². The van der Waals surface area contributed by atoms with Gasteiger partial charge in [-0.05, 0) is 40.5 Å². The van der Waals surface area contributed by atoms with Gasteiger partial charge in [-0.25, -0.2) is 4.39 Å². The number of amides is 1. The molecule has 0 bridgehead atoms. The Morgan fingerprint density at radius 3 is 2.87 bits per heavy atom. The summed E-state index contributed by atoms with van der Waals surface area (Å²) >= 11 is 3.00. The van der Waals surface area contributed by atoms with Crippen molar-refractivity contribution < 1.29 is 14.3 Å². The fraction of sp³-hybridized carbons (Fsp3) is 0.300. The number of halogens is 2. The van der Waals surface area contributed by atoms with Crippen LogP contribution in [0, 0.1) is 5.82 Å². The molecule has 0 spiro atoms. The Labute approximate surface area is 95.4 Å². The van der Waals surface area contributed by atoms with E-state index in [-0.39, 0.29) is 17.0 Å². The third-order valence-electron chi connectivity index (χ3n) is 1.80. The second-order valence-corrected chi connectivity index (χ2v) is 3.82. The minimum atomic E-state index is -0.401. The third kappa shape index (κ3) is 3.60. The SMILES string of the molecule is O=C(NCCCO)c1ccc(F)c(Br)c1. The Morgan fingerprint density at radius 1 is 1.53 bits per heavy atom. The van der Waals surface area contributed by atoms with Gasteiger partial charge in [-0.1, -0.05) is 0 Å². The van der Waals surface area contributed by atoms with E-state index in [4.69, 9.17) is 5.11 Å². The largest absolute Gasteiger partial charge is 0.396 e. The lowest BCUT2D eigenvalue weighted by molar-refractivity contribution is 0.0951. The first-order valence-electron chi connectivity index (χ1n) is 4.49. The topological polar surface area (TPSA) is 49.3 Å². The molecular weight excluding hydrogens is 265 g/mol. The molecule has 0 aliphatic carbocycles. The molecule has 0 fully saturated rings. The average molecular weight is 276 g/mol. The van der Waals surface area contributed by atoms with Crippen molar-refractivity contribution in [1.29, 1.82) is 0 Å². The van der Waals surface area contributed by atoms with Crippen LogP contribution >= 0.6 is 15.9 Å². The fourth-order valence-corrected chi connectivity index (χ4v) is 1.40. The number of hydrogen-bond acceptors (Lipinski definition) is 2. The quantitative estimate of drug-likeness (QED) is 0.822. The molecule has 0 heterocycles. The van der Waals surface area contributed by atoms with E-state index in [2.05, 4.69) is 21.2 Å². The van der Waals surface area contributed by atoms with Crippen LogP contribution in [0.2, 0.25) is 0 Å². The van der Waals surface area contributed by atoms with Gasteiger partial charge >= 0.3 is 0 Å². The number of aliphatic hydroxyl groups excluding tert-OH is 1. The van der Waals surface area contributed by atoms with Crippen molar-refractivity contribution in [2.75, 3.05) is 13.2 Å². The highest BCUT2D eigenvalue weighted by molar-refractivity contribution is 9.10. The van der Waals surface area contributed by atoms with Gasteiger partial charge in [0.05, 0.1) is 4.47 Å². The number of nitrogens with one attached hydrogen (secondary N) is 1. The summed E-state index contributed by atoms with van der Waals surface area (Å²) in [6, 6.07) is 4.06. The van der Waals surface area contributed by atoms with Gasteiger partial charge in [-0.3, -0.25) is 4.79 Å². The van der Waals surface area contributed by atoms with E-state index in [9.17, 15) is 9.18 Å². The molecule has 0 aromatic heterocycles. The van der Waals surface area contributed by atoms with Crippen molar-refractivity contribution in [3.63, 3.8) is 0 Å². The van der Waals surface area contributed by atoms with Crippen LogP contribution in [0.15, 0.2) is 22.7 Å². The van der Waals surface area contributed by atoms with E-state index >= 15 is 0 Å². The van der Waals surface area contributed by atoms with Gasteiger partial charge in [0.25, 0.3) is 5.91 Å². The summed E-state index contributed by atoms with van der Waals surface area (Å²) in [5, 5.41) is 11.1. The van der Waals surface area contributed by atoms with Crippen LogP contribution in [-0.2, 0) is 0 Å². The van der Waals surface area contributed by atoms with Crippen LogP contribution in [0.5, 0.6) is 0 Å². The maximum atomic E-state index is 12.9. The monoisotopic (exact) mass is 275 g/mol. The van der Waals surface area contributed by atoms with Gasteiger partial charge in [-0.2, -0.15) is 0 Å². The molecule has 0 aliphatic heterocycles. The fourth-order valence-electron chi connectivity index (χ4n) is 1.02. The van der Waals surface area contributed by atoms with E-state index in [0.29, 0.717) is 18.5 Å². The first-order chi connectivity index (χ1) is 7.15. The van der Waals surface area contributed by atoms with Gasteiger partial charge in [-0.15, -0.1) is 0 Å². The lowest BCUT2D eigenvalue weighted by Crippen LogP contribution is -2.25. The molecule has 5 heteroatoms. The maximum Gasteiger partial charge on any atom is 0.251 e. The predicted molar refractivity (Wildman–Crippen MR) is 58.1 cm³/mol. The summed E-state index contributed by atoms with van der Waals surface area (Å²) in [5.74, 6) is -0.675. The molecule has 0 saturated heterocycles. The Morgan fingerprint density at radius 2 is 2.27 bits per heavy atom. The van der Waals surface area contributed by atoms with Crippen LogP contribution in [-0.4, -0.2) is 24.2 Å². The lowest BCUT2D eigenvalue weighted by Gasteiger charge is -2.04. The Kier molecular flexibility index (Phi) is 4.71. The molecule has 1 rings (SSSR count). The van der Waals surface area contributed by atoms with Crippen LogP contribution in [0.4, 0.5) is 4.39 Å². The Bertz CT molecular complexity index is 357. The minimum absolute atomic E-state index is 0.0351. The number of rotatable bonds is 4. The molecule has 1 aromatic carbocycles.